The lowest BCUT2D eigenvalue weighted by molar-refractivity contribution is -0.147. The number of piperazine rings is 1. The summed E-state index contributed by atoms with van der Waals surface area (Å²) in [5.41, 5.74) is 0.0825. The van der Waals surface area contributed by atoms with Crippen molar-refractivity contribution in [2.24, 2.45) is 5.41 Å². The first-order valence-corrected chi connectivity index (χ1v) is 10.1. The van der Waals surface area contributed by atoms with Crippen molar-refractivity contribution in [3.05, 3.63) is 35.9 Å². The van der Waals surface area contributed by atoms with Crippen molar-refractivity contribution in [2.45, 2.75) is 65.1 Å². The van der Waals surface area contributed by atoms with Crippen molar-refractivity contribution in [3.8, 4) is 0 Å². The van der Waals surface area contributed by atoms with Crippen LogP contribution in [0, 0.1) is 5.41 Å². The van der Waals surface area contributed by atoms with Crippen LogP contribution in [0.4, 0.5) is 0 Å². The fourth-order valence-corrected chi connectivity index (χ4v) is 3.66. The van der Waals surface area contributed by atoms with Crippen molar-refractivity contribution in [3.63, 3.8) is 0 Å². The summed E-state index contributed by atoms with van der Waals surface area (Å²) in [6, 6.07) is 10.8. The minimum atomic E-state index is -0.885. The van der Waals surface area contributed by atoms with E-state index in [0.29, 0.717) is 12.5 Å². The van der Waals surface area contributed by atoms with Gasteiger partial charge in [0.25, 0.3) is 0 Å². The summed E-state index contributed by atoms with van der Waals surface area (Å²) in [7, 11) is 0. The summed E-state index contributed by atoms with van der Waals surface area (Å²) in [4.78, 5) is 26.0. The van der Waals surface area contributed by atoms with Crippen LogP contribution >= 0.6 is 0 Å². The maximum absolute atomic E-state index is 12.3. The lowest BCUT2D eigenvalue weighted by Crippen LogP contribution is -2.55. The number of hydrogen-bond acceptors (Lipinski definition) is 4. The minimum Gasteiger partial charge on any atom is -0.481 e. The number of carbonyl (C=O) groups excluding carboxylic acids is 1. The number of benzene rings is 1. The first-order chi connectivity index (χ1) is 13.1. The number of carbonyl (C=O) groups is 2. The molecule has 0 aromatic heterocycles. The van der Waals surface area contributed by atoms with E-state index in [1.165, 1.54) is 5.56 Å². The predicted molar refractivity (Wildman–Crippen MR) is 111 cm³/mol. The van der Waals surface area contributed by atoms with Crippen molar-refractivity contribution in [1.82, 2.24) is 15.5 Å². The molecular weight excluding hydrogens is 354 g/mol. The summed E-state index contributed by atoms with van der Waals surface area (Å²) in [5, 5.41) is 15.8. The average Bonchev–Trinajstić information content (AvgIpc) is 2.60. The Morgan fingerprint density at radius 2 is 1.89 bits per heavy atom. The highest BCUT2D eigenvalue weighted by Crippen LogP contribution is 2.23. The van der Waals surface area contributed by atoms with Gasteiger partial charge in [-0.25, -0.2) is 0 Å². The van der Waals surface area contributed by atoms with Crippen LogP contribution < -0.4 is 10.6 Å². The Morgan fingerprint density at radius 1 is 1.21 bits per heavy atom. The van der Waals surface area contributed by atoms with Crippen LogP contribution in [0.25, 0.3) is 0 Å². The second-order valence-electron chi connectivity index (χ2n) is 9.20. The van der Waals surface area contributed by atoms with Crippen molar-refractivity contribution in [2.75, 3.05) is 19.6 Å². The van der Waals surface area contributed by atoms with E-state index in [4.69, 9.17) is 0 Å². The van der Waals surface area contributed by atoms with Gasteiger partial charge in [0.05, 0.1) is 5.41 Å². The molecule has 156 valence electrons. The van der Waals surface area contributed by atoms with Gasteiger partial charge in [0.2, 0.25) is 5.91 Å². The van der Waals surface area contributed by atoms with E-state index in [9.17, 15) is 14.7 Å². The molecule has 1 heterocycles. The molecule has 0 bridgehead atoms. The van der Waals surface area contributed by atoms with Gasteiger partial charge in [-0.15, -0.1) is 0 Å². The van der Waals surface area contributed by atoms with E-state index >= 15 is 0 Å². The Hall–Kier alpha value is -1.92. The molecule has 1 aromatic rings. The Kier molecular flexibility index (Phi) is 7.61. The summed E-state index contributed by atoms with van der Waals surface area (Å²) >= 11 is 0. The van der Waals surface area contributed by atoms with Crippen LogP contribution in [0.15, 0.2) is 30.3 Å². The number of nitrogens with zero attached hydrogens (tertiary/aromatic N) is 1. The van der Waals surface area contributed by atoms with Crippen LogP contribution in [-0.2, 0) is 16.1 Å². The Bertz CT molecular complexity index is 658. The summed E-state index contributed by atoms with van der Waals surface area (Å²) in [5.74, 6) is -0.958. The van der Waals surface area contributed by atoms with Gasteiger partial charge in [-0.2, -0.15) is 0 Å². The molecule has 1 amide bonds. The second kappa shape index (κ2) is 9.52. The third kappa shape index (κ3) is 7.24. The number of rotatable bonds is 9. The molecule has 1 aliphatic rings. The SMILES string of the molecule is CC(C)(C[C@H]1CN(Cc2ccccc2)CCN1)NC(=O)CCC(C)(C)C(=O)O. The molecule has 28 heavy (non-hydrogen) atoms. The van der Waals surface area contributed by atoms with Crippen molar-refractivity contribution < 1.29 is 14.7 Å². The standard InChI is InChI=1S/C22H35N3O3/c1-21(2,20(27)28)11-10-19(26)24-22(3,4)14-18-16-25(13-12-23-18)15-17-8-6-5-7-9-17/h5-9,18,23H,10-16H2,1-4H3,(H,24,26)(H,27,28)/t18-/m0/s1. The molecule has 1 fully saturated rings. The van der Waals surface area contributed by atoms with E-state index in [1.54, 1.807) is 13.8 Å². The summed E-state index contributed by atoms with van der Waals surface area (Å²) in [6.45, 7) is 11.2. The molecular formula is C22H35N3O3. The molecule has 1 aromatic carbocycles. The van der Waals surface area contributed by atoms with Gasteiger partial charge < -0.3 is 15.7 Å². The van der Waals surface area contributed by atoms with Gasteiger partial charge in [-0.05, 0) is 46.1 Å². The van der Waals surface area contributed by atoms with Crippen LogP contribution in [0.3, 0.4) is 0 Å². The number of hydrogen-bond donors (Lipinski definition) is 3. The zero-order valence-corrected chi connectivity index (χ0v) is 17.6. The number of aliphatic carboxylic acids is 1. The molecule has 0 aliphatic carbocycles. The van der Waals surface area contributed by atoms with Crippen LogP contribution in [0.2, 0.25) is 0 Å². The van der Waals surface area contributed by atoms with Crippen LogP contribution in [0.5, 0.6) is 0 Å². The van der Waals surface area contributed by atoms with Crippen molar-refractivity contribution in [1.29, 1.82) is 0 Å². The molecule has 1 atom stereocenters. The summed E-state index contributed by atoms with van der Waals surface area (Å²) in [6.07, 6.45) is 1.38. The molecule has 2 rings (SSSR count). The first-order valence-electron chi connectivity index (χ1n) is 10.1. The zero-order valence-electron chi connectivity index (χ0n) is 17.6. The predicted octanol–water partition coefficient (Wildman–Crippen LogP) is 2.64. The molecule has 3 N–H and O–H groups in total. The number of carboxylic acid groups (broad SMARTS) is 1. The maximum Gasteiger partial charge on any atom is 0.309 e. The molecule has 6 heteroatoms. The normalized spacial score (nSPS) is 18.6. The van der Waals surface area contributed by atoms with Gasteiger partial charge in [-0.3, -0.25) is 14.5 Å². The first kappa shape index (κ1) is 22.4. The zero-order chi connectivity index (χ0) is 20.8. The third-order valence-corrected chi connectivity index (χ3v) is 5.38. The summed E-state index contributed by atoms with van der Waals surface area (Å²) < 4.78 is 0. The van der Waals surface area contributed by atoms with Gasteiger partial charge >= 0.3 is 5.97 Å². The van der Waals surface area contributed by atoms with E-state index < -0.39 is 11.4 Å². The topological polar surface area (TPSA) is 81.7 Å². The Labute approximate surface area is 168 Å². The third-order valence-electron chi connectivity index (χ3n) is 5.38. The Morgan fingerprint density at radius 3 is 2.54 bits per heavy atom. The smallest absolute Gasteiger partial charge is 0.309 e. The van der Waals surface area contributed by atoms with Gasteiger partial charge in [0.1, 0.15) is 0 Å². The van der Waals surface area contributed by atoms with Crippen molar-refractivity contribution >= 4 is 11.9 Å². The number of carboxylic acids is 1. The lowest BCUT2D eigenvalue weighted by Gasteiger charge is -2.38. The quantitative estimate of drug-likeness (QED) is 0.605. The molecule has 0 spiro atoms. The minimum absolute atomic E-state index is 0.0868. The van der Waals surface area contributed by atoms with E-state index in [0.717, 1.165) is 32.6 Å². The average molecular weight is 390 g/mol. The highest BCUT2D eigenvalue weighted by atomic mass is 16.4. The molecule has 0 radical (unpaired) electrons. The molecule has 0 saturated carbocycles. The second-order valence-corrected chi connectivity index (χ2v) is 9.20. The van der Waals surface area contributed by atoms with E-state index in [-0.39, 0.29) is 17.9 Å². The van der Waals surface area contributed by atoms with Crippen LogP contribution in [-0.4, -0.2) is 53.1 Å². The fraction of sp³-hybridized carbons (Fsp3) is 0.636. The maximum atomic E-state index is 12.3. The lowest BCUT2D eigenvalue weighted by atomic mass is 9.87. The molecule has 1 saturated heterocycles. The highest BCUT2D eigenvalue weighted by molar-refractivity contribution is 5.79. The number of nitrogens with one attached hydrogen (secondary N) is 2. The molecule has 6 nitrogen and oxygen atoms in total. The van der Waals surface area contributed by atoms with E-state index in [2.05, 4.69) is 39.8 Å². The monoisotopic (exact) mass is 389 g/mol. The van der Waals surface area contributed by atoms with Gasteiger partial charge in [0.15, 0.2) is 0 Å². The van der Waals surface area contributed by atoms with Crippen LogP contribution in [0.1, 0.15) is 52.5 Å². The Balaban J connectivity index is 1.81. The highest BCUT2D eigenvalue weighted by Gasteiger charge is 2.31. The molecule has 0 unspecified atom stereocenters. The van der Waals surface area contributed by atoms with Gasteiger partial charge in [0, 0.05) is 44.2 Å². The fourth-order valence-electron chi connectivity index (χ4n) is 3.66. The molecule has 1 aliphatic heterocycles. The number of amides is 1. The van der Waals surface area contributed by atoms with Gasteiger partial charge in [-0.1, -0.05) is 30.3 Å². The van der Waals surface area contributed by atoms with E-state index in [1.807, 2.05) is 19.9 Å². The largest absolute Gasteiger partial charge is 0.481 e.